The first-order valence-electron chi connectivity index (χ1n) is 5.40. The molecule has 0 aliphatic heterocycles. The van der Waals surface area contributed by atoms with E-state index in [-0.39, 0.29) is 6.04 Å². The summed E-state index contributed by atoms with van der Waals surface area (Å²) < 4.78 is 5.17. The third-order valence-corrected chi connectivity index (χ3v) is 3.03. The summed E-state index contributed by atoms with van der Waals surface area (Å²) in [5, 5.41) is 7.93. The molecule has 0 aliphatic carbocycles. The molecule has 0 fully saturated rings. The standard InChI is InChI=1S/C11H15N3OS/c1-2-3-9(12)6-10-13-11(14-15-10)8-4-5-16-7-8/h4-5,7,9H,2-3,6,12H2,1H3. The van der Waals surface area contributed by atoms with Crippen molar-refractivity contribution in [3.63, 3.8) is 0 Å². The number of nitrogens with zero attached hydrogens (tertiary/aromatic N) is 2. The Kier molecular flexibility index (Phi) is 3.69. The van der Waals surface area contributed by atoms with Crippen molar-refractivity contribution in [2.45, 2.75) is 32.2 Å². The van der Waals surface area contributed by atoms with Gasteiger partial charge in [0.05, 0.1) is 0 Å². The van der Waals surface area contributed by atoms with E-state index in [1.54, 1.807) is 11.3 Å². The van der Waals surface area contributed by atoms with Gasteiger partial charge in [0.25, 0.3) is 0 Å². The predicted molar refractivity (Wildman–Crippen MR) is 64.2 cm³/mol. The molecule has 0 amide bonds. The topological polar surface area (TPSA) is 64.9 Å². The summed E-state index contributed by atoms with van der Waals surface area (Å²) >= 11 is 1.62. The maximum atomic E-state index is 5.92. The van der Waals surface area contributed by atoms with Crippen LogP contribution in [-0.2, 0) is 6.42 Å². The van der Waals surface area contributed by atoms with E-state index in [9.17, 15) is 0 Å². The number of hydrogen-bond acceptors (Lipinski definition) is 5. The van der Waals surface area contributed by atoms with E-state index in [2.05, 4.69) is 17.1 Å². The molecule has 2 heterocycles. The van der Waals surface area contributed by atoms with E-state index in [1.807, 2.05) is 16.8 Å². The van der Waals surface area contributed by atoms with E-state index >= 15 is 0 Å². The molecule has 2 rings (SSSR count). The highest BCUT2D eigenvalue weighted by atomic mass is 32.1. The van der Waals surface area contributed by atoms with Crippen LogP contribution in [0.15, 0.2) is 21.3 Å². The first-order chi connectivity index (χ1) is 7.79. The van der Waals surface area contributed by atoms with Gasteiger partial charge in [-0.1, -0.05) is 18.5 Å². The van der Waals surface area contributed by atoms with Gasteiger partial charge < -0.3 is 10.3 Å². The zero-order valence-electron chi connectivity index (χ0n) is 9.22. The average molecular weight is 237 g/mol. The first kappa shape index (κ1) is 11.3. The van der Waals surface area contributed by atoms with Gasteiger partial charge in [0.1, 0.15) is 0 Å². The van der Waals surface area contributed by atoms with Crippen molar-refractivity contribution in [2.75, 3.05) is 0 Å². The minimum atomic E-state index is 0.112. The largest absolute Gasteiger partial charge is 0.339 e. The lowest BCUT2D eigenvalue weighted by Gasteiger charge is -2.05. The summed E-state index contributed by atoms with van der Waals surface area (Å²) in [5.74, 6) is 1.28. The van der Waals surface area contributed by atoms with Crippen LogP contribution in [0.25, 0.3) is 11.4 Å². The van der Waals surface area contributed by atoms with Gasteiger partial charge in [-0.25, -0.2) is 0 Å². The lowest BCUT2D eigenvalue weighted by atomic mass is 10.1. The Morgan fingerprint density at radius 2 is 2.44 bits per heavy atom. The number of hydrogen-bond donors (Lipinski definition) is 1. The normalized spacial score (nSPS) is 12.9. The van der Waals surface area contributed by atoms with Crippen molar-refractivity contribution in [2.24, 2.45) is 5.73 Å². The Balaban J connectivity index is 2.03. The summed E-state index contributed by atoms with van der Waals surface area (Å²) in [7, 11) is 0. The van der Waals surface area contributed by atoms with E-state index < -0.39 is 0 Å². The monoisotopic (exact) mass is 237 g/mol. The van der Waals surface area contributed by atoms with E-state index in [0.717, 1.165) is 18.4 Å². The highest BCUT2D eigenvalue weighted by molar-refractivity contribution is 7.08. The fourth-order valence-electron chi connectivity index (χ4n) is 1.54. The van der Waals surface area contributed by atoms with E-state index in [1.165, 1.54) is 0 Å². The van der Waals surface area contributed by atoms with Crippen LogP contribution in [0, 0.1) is 0 Å². The SMILES string of the molecule is CCCC(N)Cc1nc(-c2ccsc2)no1. The van der Waals surface area contributed by atoms with Crippen molar-refractivity contribution in [1.29, 1.82) is 0 Å². The molecule has 1 atom stereocenters. The average Bonchev–Trinajstić information content (AvgIpc) is 2.86. The molecule has 0 bridgehead atoms. The summed E-state index contributed by atoms with van der Waals surface area (Å²) in [4.78, 5) is 4.32. The molecular weight excluding hydrogens is 222 g/mol. The van der Waals surface area contributed by atoms with Crippen LogP contribution < -0.4 is 5.73 Å². The molecule has 86 valence electrons. The molecule has 0 aliphatic rings. The van der Waals surface area contributed by atoms with Crippen molar-refractivity contribution >= 4 is 11.3 Å². The number of thiophene rings is 1. The second-order valence-corrected chi connectivity index (χ2v) is 4.56. The van der Waals surface area contributed by atoms with Crippen LogP contribution in [0.4, 0.5) is 0 Å². The third-order valence-electron chi connectivity index (χ3n) is 2.34. The molecule has 0 spiro atoms. The predicted octanol–water partition coefficient (Wildman–Crippen LogP) is 2.47. The quantitative estimate of drug-likeness (QED) is 0.867. The Morgan fingerprint density at radius 3 is 3.12 bits per heavy atom. The Morgan fingerprint density at radius 1 is 1.56 bits per heavy atom. The second-order valence-electron chi connectivity index (χ2n) is 3.78. The van der Waals surface area contributed by atoms with E-state index in [0.29, 0.717) is 18.1 Å². The fraction of sp³-hybridized carbons (Fsp3) is 0.455. The molecule has 0 aromatic carbocycles. The summed E-state index contributed by atoms with van der Waals surface area (Å²) in [5.41, 5.74) is 6.92. The molecule has 1 unspecified atom stereocenters. The van der Waals surface area contributed by atoms with Crippen LogP contribution in [0.3, 0.4) is 0 Å². The van der Waals surface area contributed by atoms with Crippen LogP contribution in [0.1, 0.15) is 25.7 Å². The van der Waals surface area contributed by atoms with Crippen LogP contribution in [-0.4, -0.2) is 16.2 Å². The van der Waals surface area contributed by atoms with Gasteiger partial charge >= 0.3 is 0 Å². The zero-order chi connectivity index (χ0) is 11.4. The summed E-state index contributed by atoms with van der Waals surface area (Å²) in [6, 6.07) is 2.09. The number of nitrogens with two attached hydrogens (primary N) is 1. The highest BCUT2D eigenvalue weighted by Gasteiger charge is 2.11. The third kappa shape index (κ3) is 2.68. The van der Waals surface area contributed by atoms with Crippen LogP contribution in [0.5, 0.6) is 0 Å². The molecule has 0 saturated carbocycles. The zero-order valence-corrected chi connectivity index (χ0v) is 10.0. The second kappa shape index (κ2) is 5.23. The molecule has 16 heavy (non-hydrogen) atoms. The Labute approximate surface area is 98.5 Å². The van der Waals surface area contributed by atoms with Crippen molar-refractivity contribution in [3.05, 3.63) is 22.7 Å². The van der Waals surface area contributed by atoms with Gasteiger partial charge in [0.2, 0.25) is 11.7 Å². The van der Waals surface area contributed by atoms with Gasteiger partial charge in [-0.15, -0.1) is 0 Å². The van der Waals surface area contributed by atoms with Gasteiger partial charge in [-0.3, -0.25) is 0 Å². The number of rotatable bonds is 5. The Bertz CT molecular complexity index is 424. The molecule has 0 saturated heterocycles. The first-order valence-corrected chi connectivity index (χ1v) is 6.34. The van der Waals surface area contributed by atoms with Crippen molar-refractivity contribution in [1.82, 2.24) is 10.1 Å². The molecular formula is C11H15N3OS. The molecule has 2 aromatic rings. The minimum absolute atomic E-state index is 0.112. The number of aromatic nitrogens is 2. The van der Waals surface area contributed by atoms with Crippen LogP contribution in [0.2, 0.25) is 0 Å². The lowest BCUT2D eigenvalue weighted by molar-refractivity contribution is 0.366. The molecule has 4 nitrogen and oxygen atoms in total. The maximum absolute atomic E-state index is 5.92. The molecule has 2 aromatic heterocycles. The van der Waals surface area contributed by atoms with Crippen molar-refractivity contribution < 1.29 is 4.52 Å². The van der Waals surface area contributed by atoms with Gasteiger partial charge in [0.15, 0.2) is 0 Å². The maximum Gasteiger partial charge on any atom is 0.228 e. The molecule has 0 radical (unpaired) electrons. The molecule has 5 heteroatoms. The summed E-state index contributed by atoms with van der Waals surface area (Å²) in [6.07, 6.45) is 2.72. The van der Waals surface area contributed by atoms with Gasteiger partial charge in [-0.2, -0.15) is 16.3 Å². The highest BCUT2D eigenvalue weighted by Crippen LogP contribution is 2.19. The smallest absolute Gasteiger partial charge is 0.228 e. The lowest BCUT2D eigenvalue weighted by Crippen LogP contribution is -2.22. The fourth-order valence-corrected chi connectivity index (χ4v) is 2.18. The Hall–Kier alpha value is -1.20. The van der Waals surface area contributed by atoms with Gasteiger partial charge in [0, 0.05) is 23.4 Å². The van der Waals surface area contributed by atoms with E-state index in [4.69, 9.17) is 10.3 Å². The molecule has 2 N–H and O–H groups in total. The van der Waals surface area contributed by atoms with Crippen LogP contribution >= 0.6 is 11.3 Å². The summed E-state index contributed by atoms with van der Waals surface area (Å²) in [6.45, 7) is 2.12. The minimum Gasteiger partial charge on any atom is -0.339 e. The van der Waals surface area contributed by atoms with Gasteiger partial charge in [-0.05, 0) is 17.9 Å². The van der Waals surface area contributed by atoms with Crippen molar-refractivity contribution in [3.8, 4) is 11.4 Å².